The Hall–Kier alpha value is -2.69. The van der Waals surface area contributed by atoms with Crippen LogP contribution in [0.2, 0.25) is 0 Å². The van der Waals surface area contributed by atoms with E-state index in [2.05, 4.69) is 10.1 Å². The average Bonchev–Trinajstić information content (AvgIpc) is 2.42. The van der Waals surface area contributed by atoms with Crippen LogP contribution in [-0.4, -0.2) is 14.8 Å². The lowest BCUT2D eigenvalue weighted by Crippen LogP contribution is -2.22. The van der Waals surface area contributed by atoms with E-state index in [1.54, 1.807) is 12.3 Å². The van der Waals surface area contributed by atoms with Gasteiger partial charge in [-0.05, 0) is 18.2 Å². The summed E-state index contributed by atoms with van der Waals surface area (Å²) < 4.78 is 1.36. The van der Waals surface area contributed by atoms with Crippen molar-refractivity contribution in [3.8, 4) is 0 Å². The van der Waals surface area contributed by atoms with Crippen molar-refractivity contribution in [2.45, 2.75) is 6.54 Å². The highest BCUT2D eigenvalue weighted by molar-refractivity contribution is 5.81. The molecule has 94 valence electrons. The summed E-state index contributed by atoms with van der Waals surface area (Å²) in [4.78, 5) is 16.0. The maximum absolute atomic E-state index is 11.6. The molecular weight excluding hydrogens is 240 g/mol. The Morgan fingerprint density at radius 2 is 2.00 bits per heavy atom. The van der Waals surface area contributed by atoms with Gasteiger partial charge in [-0.25, -0.2) is 9.67 Å². The van der Waals surface area contributed by atoms with Crippen molar-refractivity contribution in [1.82, 2.24) is 14.8 Å². The molecule has 0 aliphatic rings. The fourth-order valence-corrected chi connectivity index (χ4v) is 1.97. The summed E-state index contributed by atoms with van der Waals surface area (Å²) in [5.74, 6) is 0.427. The van der Waals surface area contributed by atoms with Crippen molar-refractivity contribution in [1.29, 1.82) is 0 Å². The molecule has 0 saturated carbocycles. The smallest absolute Gasteiger partial charge is 0.267 e. The summed E-state index contributed by atoms with van der Waals surface area (Å²) in [5.41, 5.74) is 7.41. The first-order valence-electron chi connectivity index (χ1n) is 5.90. The predicted octanol–water partition coefficient (Wildman–Crippen LogP) is 1.42. The third-order valence-electron chi connectivity index (χ3n) is 2.94. The van der Waals surface area contributed by atoms with Crippen LogP contribution >= 0.6 is 0 Å². The summed E-state index contributed by atoms with van der Waals surface area (Å²) in [7, 11) is 0. The first kappa shape index (κ1) is 11.4. The van der Waals surface area contributed by atoms with Crippen LogP contribution < -0.4 is 11.3 Å². The van der Waals surface area contributed by atoms with Gasteiger partial charge in [0.2, 0.25) is 0 Å². The lowest BCUT2D eigenvalue weighted by Gasteiger charge is -2.08. The number of hydrogen-bond donors (Lipinski definition) is 1. The normalized spacial score (nSPS) is 10.7. The molecule has 3 rings (SSSR count). The van der Waals surface area contributed by atoms with Gasteiger partial charge in [-0.3, -0.25) is 4.79 Å². The zero-order valence-electron chi connectivity index (χ0n) is 10.2. The second-order valence-corrected chi connectivity index (χ2v) is 4.24. The van der Waals surface area contributed by atoms with Gasteiger partial charge in [0.25, 0.3) is 5.56 Å². The molecule has 19 heavy (non-hydrogen) atoms. The maximum atomic E-state index is 11.6. The number of hydrogen-bond acceptors (Lipinski definition) is 4. The van der Waals surface area contributed by atoms with E-state index in [1.807, 2.05) is 30.3 Å². The predicted molar refractivity (Wildman–Crippen MR) is 73.8 cm³/mol. The second-order valence-electron chi connectivity index (χ2n) is 4.24. The number of rotatable bonds is 2. The molecule has 0 amide bonds. The molecule has 0 aliphatic heterocycles. The van der Waals surface area contributed by atoms with Gasteiger partial charge >= 0.3 is 0 Å². The van der Waals surface area contributed by atoms with E-state index >= 15 is 0 Å². The van der Waals surface area contributed by atoms with Crippen molar-refractivity contribution in [3.63, 3.8) is 0 Å². The first-order chi connectivity index (χ1) is 9.24. The molecule has 2 heterocycles. The average molecular weight is 252 g/mol. The quantitative estimate of drug-likeness (QED) is 0.748. The number of fused-ring (bicyclic) bond motifs is 1. The standard InChI is InChI=1S/C14H12N4O/c15-14-11(9-18-13(19)6-3-7-16-18)8-10-4-1-2-5-12(10)17-14/h1-8H,9H2,(H2,15,17). The molecule has 5 heteroatoms. The number of para-hydroxylation sites is 1. The molecular formula is C14H12N4O. The Morgan fingerprint density at radius 3 is 2.84 bits per heavy atom. The second kappa shape index (κ2) is 4.53. The van der Waals surface area contributed by atoms with E-state index in [0.29, 0.717) is 12.4 Å². The third-order valence-corrected chi connectivity index (χ3v) is 2.94. The van der Waals surface area contributed by atoms with E-state index in [0.717, 1.165) is 16.5 Å². The van der Waals surface area contributed by atoms with Crippen LogP contribution in [0.15, 0.2) is 53.5 Å². The van der Waals surface area contributed by atoms with Crippen molar-refractivity contribution in [2.75, 3.05) is 5.73 Å². The molecule has 0 unspecified atom stereocenters. The molecule has 0 atom stereocenters. The Labute approximate surface area is 109 Å². The van der Waals surface area contributed by atoms with Crippen LogP contribution in [0.5, 0.6) is 0 Å². The molecule has 0 aliphatic carbocycles. The molecule has 3 aromatic rings. The molecule has 0 radical (unpaired) electrons. The minimum atomic E-state index is -0.157. The topological polar surface area (TPSA) is 73.8 Å². The van der Waals surface area contributed by atoms with Crippen molar-refractivity contribution in [2.24, 2.45) is 0 Å². The largest absolute Gasteiger partial charge is 0.383 e. The highest BCUT2D eigenvalue weighted by atomic mass is 16.1. The maximum Gasteiger partial charge on any atom is 0.267 e. The number of nitrogens with zero attached hydrogens (tertiary/aromatic N) is 3. The van der Waals surface area contributed by atoms with Gasteiger partial charge in [-0.2, -0.15) is 5.10 Å². The van der Waals surface area contributed by atoms with Crippen LogP contribution in [0.4, 0.5) is 5.82 Å². The lowest BCUT2D eigenvalue weighted by atomic mass is 10.1. The van der Waals surface area contributed by atoms with Crippen LogP contribution in [0.3, 0.4) is 0 Å². The van der Waals surface area contributed by atoms with Crippen molar-refractivity contribution >= 4 is 16.7 Å². The van der Waals surface area contributed by atoms with Crippen LogP contribution in [0.25, 0.3) is 10.9 Å². The van der Waals surface area contributed by atoms with E-state index in [-0.39, 0.29) is 5.56 Å². The summed E-state index contributed by atoms with van der Waals surface area (Å²) in [5, 5.41) is 5.01. The number of nitrogen functional groups attached to an aromatic ring is 1. The minimum absolute atomic E-state index is 0.157. The van der Waals surface area contributed by atoms with Gasteiger partial charge < -0.3 is 5.73 Å². The molecule has 2 N–H and O–H groups in total. The Morgan fingerprint density at radius 1 is 1.16 bits per heavy atom. The summed E-state index contributed by atoms with van der Waals surface area (Å²) in [6.07, 6.45) is 1.58. The molecule has 0 bridgehead atoms. The third kappa shape index (κ3) is 2.18. The van der Waals surface area contributed by atoms with Gasteiger partial charge in [0.1, 0.15) is 5.82 Å². The summed E-state index contributed by atoms with van der Waals surface area (Å²) in [6.45, 7) is 0.323. The highest BCUT2D eigenvalue weighted by Crippen LogP contribution is 2.18. The van der Waals surface area contributed by atoms with E-state index < -0.39 is 0 Å². The number of anilines is 1. The molecule has 0 saturated heterocycles. The van der Waals surface area contributed by atoms with Crippen LogP contribution in [0, 0.1) is 0 Å². The van der Waals surface area contributed by atoms with Crippen LogP contribution in [0.1, 0.15) is 5.56 Å². The highest BCUT2D eigenvalue weighted by Gasteiger charge is 2.06. The summed E-state index contributed by atoms with van der Waals surface area (Å²) in [6, 6.07) is 12.8. The number of pyridine rings is 1. The number of benzene rings is 1. The molecule has 0 fully saturated rings. The number of nitrogens with two attached hydrogens (primary N) is 1. The van der Waals surface area contributed by atoms with Gasteiger partial charge in [-0.1, -0.05) is 18.2 Å². The fourth-order valence-electron chi connectivity index (χ4n) is 1.97. The van der Waals surface area contributed by atoms with Gasteiger partial charge in [-0.15, -0.1) is 0 Å². The van der Waals surface area contributed by atoms with E-state index in [4.69, 9.17) is 5.73 Å². The SMILES string of the molecule is Nc1nc2ccccc2cc1Cn1ncccc1=O. The Kier molecular flexibility index (Phi) is 2.72. The Bertz CT molecular complexity index is 795. The van der Waals surface area contributed by atoms with Gasteiger partial charge in [0, 0.05) is 23.2 Å². The number of aromatic nitrogens is 3. The monoisotopic (exact) mass is 252 g/mol. The van der Waals surface area contributed by atoms with Crippen molar-refractivity contribution in [3.05, 3.63) is 64.6 Å². The van der Waals surface area contributed by atoms with Crippen LogP contribution in [-0.2, 0) is 6.54 Å². The Balaban J connectivity index is 2.08. The first-order valence-corrected chi connectivity index (χ1v) is 5.90. The zero-order chi connectivity index (χ0) is 13.2. The minimum Gasteiger partial charge on any atom is -0.383 e. The lowest BCUT2D eigenvalue weighted by molar-refractivity contribution is 0.639. The van der Waals surface area contributed by atoms with Crippen molar-refractivity contribution < 1.29 is 0 Å². The van der Waals surface area contributed by atoms with Gasteiger partial charge in [0.15, 0.2) is 0 Å². The molecule has 5 nitrogen and oxygen atoms in total. The fraction of sp³-hybridized carbons (Fsp3) is 0.0714. The molecule has 2 aromatic heterocycles. The van der Waals surface area contributed by atoms with E-state index in [1.165, 1.54) is 10.7 Å². The van der Waals surface area contributed by atoms with E-state index in [9.17, 15) is 4.79 Å². The summed E-state index contributed by atoms with van der Waals surface area (Å²) >= 11 is 0. The zero-order valence-corrected chi connectivity index (χ0v) is 10.2. The van der Waals surface area contributed by atoms with Gasteiger partial charge in [0.05, 0.1) is 12.1 Å². The molecule has 1 aromatic carbocycles. The molecule has 0 spiro atoms.